The minimum atomic E-state index is 0.701. The van der Waals surface area contributed by atoms with Crippen LogP contribution in [0.2, 0.25) is 0 Å². The van der Waals surface area contributed by atoms with Crippen LogP contribution in [0.3, 0.4) is 0 Å². The second kappa shape index (κ2) is 6.87. The van der Waals surface area contributed by atoms with Crippen molar-refractivity contribution in [3.05, 3.63) is 24.0 Å². The lowest BCUT2D eigenvalue weighted by atomic mass is 10.2. The lowest BCUT2D eigenvalue weighted by Crippen LogP contribution is -2.27. The maximum absolute atomic E-state index is 9.06. The molecule has 4 nitrogen and oxygen atoms in total. The lowest BCUT2D eigenvalue weighted by molar-refractivity contribution is 0.400. The summed E-state index contributed by atoms with van der Waals surface area (Å²) in [6.07, 6.45) is 4.52. The molecule has 1 rings (SSSR count). The number of anilines is 1. The highest BCUT2D eigenvalue weighted by atomic mass is 15.1. The molecule has 0 spiro atoms. The highest BCUT2D eigenvalue weighted by Crippen LogP contribution is 2.18. The van der Waals surface area contributed by atoms with Crippen molar-refractivity contribution in [3.8, 4) is 6.07 Å². The molecule has 0 saturated carbocycles. The van der Waals surface area contributed by atoms with Crippen LogP contribution in [0, 0.1) is 11.3 Å². The predicted octanol–water partition coefficient (Wildman–Crippen LogP) is 1.73. The van der Waals surface area contributed by atoms with Crippen molar-refractivity contribution in [2.24, 2.45) is 0 Å². The average molecular weight is 232 g/mol. The molecule has 0 aliphatic heterocycles. The van der Waals surface area contributed by atoms with Crippen molar-refractivity contribution < 1.29 is 0 Å². The van der Waals surface area contributed by atoms with Crippen molar-refractivity contribution in [2.45, 2.75) is 13.3 Å². The molecular weight excluding hydrogens is 212 g/mol. The third kappa shape index (κ3) is 4.04. The first-order valence-electron chi connectivity index (χ1n) is 5.92. The zero-order chi connectivity index (χ0) is 12.7. The highest BCUT2D eigenvalue weighted by Gasteiger charge is 2.09. The Morgan fingerprint density at radius 1 is 1.35 bits per heavy atom. The van der Waals surface area contributed by atoms with Gasteiger partial charge in [-0.3, -0.25) is 4.98 Å². The number of hydrogen-bond acceptors (Lipinski definition) is 4. The zero-order valence-electron chi connectivity index (χ0n) is 10.8. The van der Waals surface area contributed by atoms with Gasteiger partial charge < -0.3 is 9.80 Å². The van der Waals surface area contributed by atoms with Crippen LogP contribution in [0.5, 0.6) is 0 Å². The molecule has 1 aromatic heterocycles. The fourth-order valence-corrected chi connectivity index (χ4v) is 1.76. The van der Waals surface area contributed by atoms with Crippen molar-refractivity contribution in [1.82, 2.24) is 9.88 Å². The predicted molar refractivity (Wildman–Crippen MR) is 70.0 cm³/mol. The van der Waals surface area contributed by atoms with Gasteiger partial charge in [0.2, 0.25) is 0 Å². The summed E-state index contributed by atoms with van der Waals surface area (Å²) in [6, 6.07) is 3.99. The van der Waals surface area contributed by atoms with Gasteiger partial charge in [0.15, 0.2) is 0 Å². The third-order valence-electron chi connectivity index (χ3n) is 2.68. The molecule has 0 saturated heterocycles. The molecule has 17 heavy (non-hydrogen) atoms. The summed E-state index contributed by atoms with van der Waals surface area (Å²) < 4.78 is 0. The normalized spacial score (nSPS) is 10.3. The summed E-state index contributed by atoms with van der Waals surface area (Å²) in [5, 5.41) is 9.06. The van der Waals surface area contributed by atoms with E-state index in [1.165, 1.54) is 0 Å². The summed E-state index contributed by atoms with van der Waals surface area (Å²) in [7, 11) is 4.14. The Morgan fingerprint density at radius 3 is 2.71 bits per heavy atom. The Balaban J connectivity index is 2.70. The van der Waals surface area contributed by atoms with Gasteiger partial charge in [0.25, 0.3) is 0 Å². The van der Waals surface area contributed by atoms with Gasteiger partial charge in [-0.1, -0.05) is 0 Å². The third-order valence-corrected chi connectivity index (χ3v) is 2.68. The van der Waals surface area contributed by atoms with Crippen LogP contribution in [0.1, 0.15) is 18.9 Å². The van der Waals surface area contributed by atoms with Crippen LogP contribution in [-0.4, -0.2) is 43.6 Å². The van der Waals surface area contributed by atoms with Crippen molar-refractivity contribution >= 4 is 5.69 Å². The van der Waals surface area contributed by atoms with E-state index >= 15 is 0 Å². The summed E-state index contributed by atoms with van der Waals surface area (Å²) in [5.41, 5.74) is 1.64. The first kappa shape index (κ1) is 13.5. The lowest BCUT2D eigenvalue weighted by Gasteiger charge is -2.24. The van der Waals surface area contributed by atoms with Crippen LogP contribution in [0.15, 0.2) is 18.5 Å². The molecule has 0 bridgehead atoms. The number of rotatable bonds is 6. The molecule has 0 amide bonds. The number of pyridine rings is 1. The van der Waals surface area contributed by atoms with Crippen molar-refractivity contribution in [1.29, 1.82) is 5.26 Å². The maximum Gasteiger partial charge on any atom is 0.101 e. The molecule has 0 aliphatic carbocycles. The molecule has 4 heteroatoms. The van der Waals surface area contributed by atoms with Gasteiger partial charge in [0.05, 0.1) is 17.4 Å². The summed E-state index contributed by atoms with van der Waals surface area (Å²) in [5.74, 6) is 0. The first-order chi connectivity index (χ1) is 8.19. The number of aromatic nitrogens is 1. The van der Waals surface area contributed by atoms with E-state index in [4.69, 9.17) is 5.26 Å². The minimum absolute atomic E-state index is 0.701. The van der Waals surface area contributed by atoms with Crippen LogP contribution < -0.4 is 4.90 Å². The van der Waals surface area contributed by atoms with Gasteiger partial charge in [-0.05, 0) is 40.1 Å². The van der Waals surface area contributed by atoms with E-state index < -0.39 is 0 Å². The van der Waals surface area contributed by atoms with Crippen LogP contribution in [0.25, 0.3) is 0 Å². The molecule has 92 valence electrons. The van der Waals surface area contributed by atoms with Crippen LogP contribution in [0.4, 0.5) is 5.69 Å². The molecule has 0 aromatic carbocycles. The molecule has 0 atom stereocenters. The van der Waals surface area contributed by atoms with E-state index in [2.05, 4.69) is 41.9 Å². The zero-order valence-corrected chi connectivity index (χ0v) is 10.8. The number of nitrogens with zero attached hydrogens (tertiary/aromatic N) is 4. The maximum atomic E-state index is 9.06. The molecule has 1 heterocycles. The Kier molecular flexibility index (Phi) is 5.44. The van der Waals surface area contributed by atoms with Gasteiger partial charge in [-0.2, -0.15) is 5.26 Å². The quantitative estimate of drug-likeness (QED) is 0.749. The monoisotopic (exact) mass is 232 g/mol. The first-order valence-corrected chi connectivity index (χ1v) is 5.92. The Bertz CT molecular complexity index is 381. The number of nitriles is 1. The Morgan fingerprint density at radius 2 is 2.12 bits per heavy atom. The Hall–Kier alpha value is -1.60. The second-order valence-corrected chi connectivity index (χ2v) is 4.24. The van der Waals surface area contributed by atoms with E-state index in [1.54, 1.807) is 18.5 Å². The molecule has 0 aliphatic rings. The van der Waals surface area contributed by atoms with Gasteiger partial charge in [-0.25, -0.2) is 0 Å². The van der Waals surface area contributed by atoms with Gasteiger partial charge in [-0.15, -0.1) is 0 Å². The van der Waals surface area contributed by atoms with Gasteiger partial charge >= 0.3 is 0 Å². The second-order valence-electron chi connectivity index (χ2n) is 4.24. The summed E-state index contributed by atoms with van der Waals surface area (Å²) >= 11 is 0. The smallest absolute Gasteiger partial charge is 0.101 e. The average Bonchev–Trinajstić information content (AvgIpc) is 2.34. The molecule has 1 aromatic rings. The SMILES string of the molecule is CCN(CCCN(C)C)c1cnccc1C#N. The van der Waals surface area contributed by atoms with Gasteiger partial charge in [0, 0.05) is 19.3 Å². The van der Waals surface area contributed by atoms with Crippen molar-refractivity contribution in [3.63, 3.8) is 0 Å². The highest BCUT2D eigenvalue weighted by molar-refractivity contribution is 5.57. The molecular formula is C13H20N4. The van der Waals surface area contributed by atoms with Crippen LogP contribution in [-0.2, 0) is 0 Å². The van der Waals surface area contributed by atoms with Crippen LogP contribution >= 0.6 is 0 Å². The van der Waals surface area contributed by atoms with E-state index in [0.717, 1.165) is 31.7 Å². The van der Waals surface area contributed by atoms with E-state index in [-0.39, 0.29) is 0 Å². The summed E-state index contributed by atoms with van der Waals surface area (Å²) in [4.78, 5) is 8.47. The fourth-order valence-electron chi connectivity index (χ4n) is 1.76. The van der Waals surface area contributed by atoms with E-state index in [9.17, 15) is 0 Å². The minimum Gasteiger partial charge on any atom is -0.369 e. The fraction of sp³-hybridized carbons (Fsp3) is 0.538. The molecule has 0 N–H and O–H groups in total. The van der Waals surface area contributed by atoms with E-state index in [1.807, 2.05) is 0 Å². The van der Waals surface area contributed by atoms with E-state index in [0.29, 0.717) is 5.56 Å². The molecule has 0 unspecified atom stereocenters. The topological polar surface area (TPSA) is 43.2 Å². The largest absolute Gasteiger partial charge is 0.369 e. The summed E-state index contributed by atoms with van der Waals surface area (Å²) in [6.45, 7) is 5.01. The standard InChI is InChI=1S/C13H20N4/c1-4-17(9-5-8-16(2)3)13-11-15-7-6-12(13)10-14/h6-7,11H,4-5,8-9H2,1-3H3. The molecule has 0 radical (unpaired) electrons. The van der Waals surface area contributed by atoms with Crippen molar-refractivity contribution in [2.75, 3.05) is 38.6 Å². The number of hydrogen-bond donors (Lipinski definition) is 0. The molecule has 0 fully saturated rings. The van der Waals surface area contributed by atoms with Gasteiger partial charge in [0.1, 0.15) is 6.07 Å². The Labute approximate surface area is 103 Å².